The van der Waals surface area contributed by atoms with Gasteiger partial charge in [0.2, 0.25) is 0 Å². The van der Waals surface area contributed by atoms with Gasteiger partial charge in [-0.25, -0.2) is 0 Å². The summed E-state index contributed by atoms with van der Waals surface area (Å²) in [4.78, 5) is 0. The first-order valence-electron chi connectivity index (χ1n) is 4.59. The highest BCUT2D eigenvalue weighted by molar-refractivity contribution is 7.54. The molecule has 1 rings (SSSR count). The predicted octanol–water partition coefficient (Wildman–Crippen LogP) is 3.02. The molecule has 1 heterocycles. The molecule has 0 N–H and O–H groups in total. The van der Waals surface area contributed by atoms with E-state index in [9.17, 15) is 4.57 Å². The van der Waals surface area contributed by atoms with Gasteiger partial charge in [-0.2, -0.15) is 0 Å². The van der Waals surface area contributed by atoms with Crippen LogP contribution >= 0.6 is 19.2 Å². The average molecular weight is 227 g/mol. The van der Waals surface area contributed by atoms with Gasteiger partial charge in [0, 0.05) is 5.88 Å². The highest BCUT2D eigenvalue weighted by Gasteiger charge is 2.38. The second kappa shape index (κ2) is 4.79. The van der Waals surface area contributed by atoms with Gasteiger partial charge in [0.25, 0.3) is 0 Å². The summed E-state index contributed by atoms with van der Waals surface area (Å²) in [5, 5.41) is 0. The topological polar surface area (TPSA) is 35.5 Å². The van der Waals surface area contributed by atoms with Crippen molar-refractivity contribution in [3.8, 4) is 0 Å². The van der Waals surface area contributed by atoms with Crippen LogP contribution in [-0.2, 0) is 13.6 Å². The van der Waals surface area contributed by atoms with Crippen molar-refractivity contribution in [1.29, 1.82) is 0 Å². The van der Waals surface area contributed by atoms with Crippen LogP contribution in [0, 0.1) is 0 Å². The van der Waals surface area contributed by atoms with Gasteiger partial charge >= 0.3 is 7.60 Å². The van der Waals surface area contributed by atoms with E-state index in [1.54, 1.807) is 0 Å². The van der Waals surface area contributed by atoms with E-state index in [4.69, 9.17) is 20.6 Å². The number of hydrogen-bond donors (Lipinski definition) is 0. The van der Waals surface area contributed by atoms with Crippen LogP contribution in [0.5, 0.6) is 0 Å². The third-order valence-corrected chi connectivity index (χ3v) is 4.57. The molecule has 0 amide bonds. The molecule has 5 heteroatoms. The minimum Gasteiger partial charge on any atom is -0.303 e. The second-order valence-electron chi connectivity index (χ2n) is 3.35. The van der Waals surface area contributed by atoms with Crippen molar-refractivity contribution in [3.63, 3.8) is 0 Å². The number of alkyl halides is 1. The maximum Gasteiger partial charge on any atom is 0.331 e. The summed E-state index contributed by atoms with van der Waals surface area (Å²) >= 11 is 5.52. The van der Waals surface area contributed by atoms with Crippen LogP contribution in [0.3, 0.4) is 0 Å². The molecule has 2 atom stereocenters. The molecular weight excluding hydrogens is 211 g/mol. The summed E-state index contributed by atoms with van der Waals surface area (Å²) in [5.41, 5.74) is 0. The second-order valence-corrected chi connectivity index (χ2v) is 5.82. The minimum atomic E-state index is -2.77. The number of hydrogen-bond acceptors (Lipinski definition) is 3. The number of unbranched alkanes of at least 4 members (excludes halogenated alkanes) is 1. The quantitative estimate of drug-likeness (QED) is 0.420. The van der Waals surface area contributed by atoms with E-state index in [1.807, 2.05) is 13.8 Å². The van der Waals surface area contributed by atoms with Crippen LogP contribution in [0.25, 0.3) is 0 Å². The summed E-state index contributed by atoms with van der Waals surface area (Å²) in [6, 6.07) is 0. The van der Waals surface area contributed by atoms with Gasteiger partial charge in [0.05, 0.1) is 18.4 Å². The smallest absolute Gasteiger partial charge is 0.303 e. The Hall–Kier alpha value is 0.440. The Kier molecular flexibility index (Phi) is 4.24. The van der Waals surface area contributed by atoms with Crippen molar-refractivity contribution >= 4 is 19.2 Å². The zero-order valence-corrected chi connectivity index (χ0v) is 9.68. The Morgan fingerprint density at radius 1 is 1.23 bits per heavy atom. The molecule has 0 aliphatic carbocycles. The number of halogens is 1. The van der Waals surface area contributed by atoms with Crippen LogP contribution < -0.4 is 0 Å². The number of rotatable bonds is 4. The van der Waals surface area contributed by atoms with Crippen LogP contribution in [0.15, 0.2) is 0 Å². The van der Waals surface area contributed by atoms with E-state index in [1.165, 1.54) is 0 Å². The molecular formula is C8H16ClO3P. The van der Waals surface area contributed by atoms with Gasteiger partial charge in [0.15, 0.2) is 0 Å². The molecule has 0 radical (unpaired) electrons. The maximum absolute atomic E-state index is 11.8. The van der Waals surface area contributed by atoms with Gasteiger partial charge in [-0.3, -0.25) is 4.57 Å². The van der Waals surface area contributed by atoms with Crippen LogP contribution in [0.4, 0.5) is 0 Å². The van der Waals surface area contributed by atoms with Gasteiger partial charge in [-0.1, -0.05) is 0 Å². The lowest BCUT2D eigenvalue weighted by Gasteiger charge is -2.08. The molecule has 3 nitrogen and oxygen atoms in total. The van der Waals surface area contributed by atoms with E-state index < -0.39 is 7.60 Å². The Morgan fingerprint density at radius 3 is 2.23 bits per heavy atom. The minimum absolute atomic E-state index is 0.0539. The van der Waals surface area contributed by atoms with E-state index in [0.717, 1.165) is 12.8 Å². The molecule has 2 unspecified atom stereocenters. The third-order valence-electron chi connectivity index (χ3n) is 2.13. The predicted molar refractivity (Wildman–Crippen MR) is 53.5 cm³/mol. The Bertz CT molecular complexity index is 196. The summed E-state index contributed by atoms with van der Waals surface area (Å²) in [6.45, 7) is 3.76. The molecule has 1 saturated heterocycles. The first kappa shape index (κ1) is 11.5. The highest BCUT2D eigenvalue weighted by Crippen LogP contribution is 2.56. The monoisotopic (exact) mass is 226 g/mol. The van der Waals surface area contributed by atoms with Gasteiger partial charge < -0.3 is 9.05 Å². The van der Waals surface area contributed by atoms with Crippen LogP contribution in [0.2, 0.25) is 0 Å². The van der Waals surface area contributed by atoms with Crippen molar-refractivity contribution < 1.29 is 13.6 Å². The first-order chi connectivity index (χ1) is 6.07. The Balaban J connectivity index is 2.36. The van der Waals surface area contributed by atoms with E-state index >= 15 is 0 Å². The zero-order chi connectivity index (χ0) is 9.90. The lowest BCUT2D eigenvalue weighted by molar-refractivity contribution is 0.187. The van der Waals surface area contributed by atoms with E-state index in [0.29, 0.717) is 12.0 Å². The van der Waals surface area contributed by atoms with Gasteiger partial charge in [0.1, 0.15) is 0 Å². The third kappa shape index (κ3) is 3.25. The van der Waals surface area contributed by atoms with E-state index in [2.05, 4.69) is 0 Å². The molecule has 1 fully saturated rings. The molecule has 0 aromatic heterocycles. The normalized spacial score (nSPS) is 39.6. The largest absolute Gasteiger partial charge is 0.331 e. The molecule has 78 valence electrons. The standard InChI is InChI=1S/C8H16ClO3P/c1-7-8(2)12-13(10,11-7)6-4-3-5-9/h7-8H,3-6H2,1-2H3. The molecule has 13 heavy (non-hydrogen) atoms. The summed E-state index contributed by atoms with van der Waals surface area (Å²) < 4.78 is 22.4. The average Bonchev–Trinajstić information content (AvgIpc) is 2.27. The van der Waals surface area contributed by atoms with Crippen LogP contribution in [-0.4, -0.2) is 24.2 Å². The molecule has 0 aromatic rings. The molecule has 1 aliphatic heterocycles. The molecule has 0 saturated carbocycles. The zero-order valence-electron chi connectivity index (χ0n) is 8.03. The lowest BCUT2D eigenvalue weighted by atomic mass is 10.3. The first-order valence-corrected chi connectivity index (χ1v) is 6.85. The summed E-state index contributed by atoms with van der Waals surface area (Å²) in [7, 11) is -2.77. The molecule has 0 aromatic carbocycles. The van der Waals surface area contributed by atoms with Crippen molar-refractivity contribution in [2.75, 3.05) is 12.0 Å². The fourth-order valence-electron chi connectivity index (χ4n) is 1.21. The Morgan fingerprint density at radius 2 is 1.77 bits per heavy atom. The SMILES string of the molecule is CC1OP(=O)(CCCCCl)OC1C. The van der Waals surface area contributed by atoms with Crippen molar-refractivity contribution in [1.82, 2.24) is 0 Å². The van der Waals surface area contributed by atoms with E-state index in [-0.39, 0.29) is 12.2 Å². The van der Waals surface area contributed by atoms with Crippen molar-refractivity contribution in [2.45, 2.75) is 38.9 Å². The summed E-state index contributed by atoms with van der Waals surface area (Å²) in [6.07, 6.45) is 2.05. The molecule has 0 bridgehead atoms. The maximum atomic E-state index is 11.8. The van der Waals surface area contributed by atoms with Crippen molar-refractivity contribution in [3.05, 3.63) is 0 Å². The summed E-state index contributed by atoms with van der Waals surface area (Å²) in [5.74, 6) is 0.602. The molecule has 0 spiro atoms. The lowest BCUT2D eigenvalue weighted by Crippen LogP contribution is -2.13. The fourth-order valence-corrected chi connectivity index (χ4v) is 3.62. The fraction of sp³-hybridized carbons (Fsp3) is 1.00. The van der Waals surface area contributed by atoms with Gasteiger partial charge in [-0.15, -0.1) is 11.6 Å². The Labute approximate surface area is 84.3 Å². The van der Waals surface area contributed by atoms with Crippen molar-refractivity contribution in [2.24, 2.45) is 0 Å². The molecule has 1 aliphatic rings. The van der Waals surface area contributed by atoms with Crippen LogP contribution in [0.1, 0.15) is 26.7 Å². The highest BCUT2D eigenvalue weighted by atomic mass is 35.5. The van der Waals surface area contributed by atoms with Gasteiger partial charge in [-0.05, 0) is 26.7 Å².